The fraction of sp³-hybridized carbons (Fsp3) is 0.846. The molecule has 1 saturated heterocycles. The molecule has 0 aliphatic carbocycles. The predicted molar refractivity (Wildman–Crippen MR) is 65.4 cm³/mol. The number of Topliss-reactive ketones (excluding diaryl/α,β-unsaturated/α-hetero) is 1. The van der Waals surface area contributed by atoms with E-state index in [0.29, 0.717) is 6.42 Å². The predicted octanol–water partition coefficient (Wildman–Crippen LogP) is -1.26. The molecule has 0 bridgehead atoms. The smallest absolute Gasteiger partial charge is 0.184 e. The van der Waals surface area contributed by atoms with Gasteiger partial charge in [-0.15, -0.1) is 0 Å². The lowest BCUT2D eigenvalue weighted by atomic mass is 10.0. The van der Waals surface area contributed by atoms with Crippen LogP contribution in [0.25, 0.3) is 0 Å². The number of hydrogen-bond acceptors (Lipinski definition) is 7. The van der Waals surface area contributed by atoms with Crippen LogP contribution in [0.2, 0.25) is 0 Å². The molecule has 0 aromatic heterocycles. The number of carbonyl (C=O) groups is 2. The average Bonchev–Trinajstić information content (AvgIpc) is 2.32. The van der Waals surface area contributed by atoms with Gasteiger partial charge >= 0.3 is 0 Å². The highest BCUT2D eigenvalue weighted by Crippen LogP contribution is 2.22. The second kappa shape index (κ2) is 7.68. The van der Waals surface area contributed by atoms with Crippen molar-refractivity contribution in [3.8, 4) is 0 Å². The van der Waals surface area contributed by atoms with E-state index < -0.39 is 42.8 Å². The molecule has 0 spiro atoms. The van der Waals surface area contributed by atoms with Gasteiger partial charge in [-0.05, 0) is 20.3 Å². The monoisotopic (exact) mass is 289 g/mol. The first-order valence-electron chi connectivity index (χ1n) is 6.68. The number of ketones is 1. The molecule has 7 heteroatoms. The van der Waals surface area contributed by atoms with Crippen molar-refractivity contribution >= 4 is 11.8 Å². The zero-order valence-corrected chi connectivity index (χ0v) is 11.7. The fourth-order valence-corrected chi connectivity index (χ4v) is 1.98. The van der Waals surface area contributed by atoms with Crippen LogP contribution in [-0.4, -0.2) is 52.7 Å². The van der Waals surface area contributed by atoms with Gasteiger partial charge < -0.3 is 29.6 Å². The van der Waals surface area contributed by atoms with Crippen molar-refractivity contribution in [3.63, 3.8) is 0 Å². The molecule has 0 radical (unpaired) electrons. The molecule has 1 heterocycles. The number of rotatable bonds is 7. The number of aliphatic hydroxyl groups excluding tert-OH is 2. The van der Waals surface area contributed by atoms with Crippen LogP contribution in [0.5, 0.6) is 0 Å². The number of aliphatic carboxylic acids is 1. The molecule has 1 aliphatic heterocycles. The first-order chi connectivity index (χ1) is 9.29. The standard InChI is InChI=1S/C13H22O7/c1-7(3-4-9(14)5-12(17)18)19-13-11(16)6-10(15)8(2)20-13/h7-8,10-11,13,15-16H,3-6H2,1-2H3,(H,17,18)/p-1/t7-,8+,10-,11-,13-/m1/s1. The summed E-state index contributed by atoms with van der Waals surface area (Å²) in [5.41, 5.74) is 0. The quantitative estimate of drug-likeness (QED) is 0.562. The summed E-state index contributed by atoms with van der Waals surface area (Å²) in [7, 11) is 0. The summed E-state index contributed by atoms with van der Waals surface area (Å²) in [6.45, 7) is 3.39. The third kappa shape index (κ3) is 5.54. The number of aliphatic hydroxyl groups is 2. The summed E-state index contributed by atoms with van der Waals surface area (Å²) >= 11 is 0. The molecular formula is C13H21O7-. The summed E-state index contributed by atoms with van der Waals surface area (Å²) < 4.78 is 10.8. The largest absolute Gasteiger partial charge is 0.550 e. The molecule has 1 rings (SSSR count). The van der Waals surface area contributed by atoms with Gasteiger partial charge in [-0.3, -0.25) is 4.79 Å². The molecule has 7 nitrogen and oxygen atoms in total. The van der Waals surface area contributed by atoms with Gasteiger partial charge in [0.05, 0.1) is 18.3 Å². The van der Waals surface area contributed by atoms with Gasteiger partial charge in [-0.25, -0.2) is 0 Å². The van der Waals surface area contributed by atoms with Crippen molar-refractivity contribution in [1.29, 1.82) is 0 Å². The van der Waals surface area contributed by atoms with Crippen molar-refractivity contribution < 1.29 is 34.4 Å². The van der Waals surface area contributed by atoms with Gasteiger partial charge in [0.25, 0.3) is 0 Å². The molecule has 116 valence electrons. The number of carbonyl (C=O) groups excluding carboxylic acids is 2. The van der Waals surface area contributed by atoms with Gasteiger partial charge in [0, 0.05) is 25.2 Å². The summed E-state index contributed by atoms with van der Waals surface area (Å²) in [6, 6.07) is 0. The Morgan fingerprint density at radius 3 is 2.65 bits per heavy atom. The van der Waals surface area contributed by atoms with Crippen molar-refractivity contribution in [2.24, 2.45) is 0 Å². The summed E-state index contributed by atoms with van der Waals surface area (Å²) in [5, 5.41) is 29.5. The Hall–Kier alpha value is -1.02. The highest BCUT2D eigenvalue weighted by Gasteiger charge is 2.35. The third-order valence-corrected chi connectivity index (χ3v) is 3.23. The first-order valence-corrected chi connectivity index (χ1v) is 6.68. The van der Waals surface area contributed by atoms with Crippen molar-refractivity contribution in [2.45, 2.75) is 70.2 Å². The molecule has 0 aromatic rings. The minimum atomic E-state index is -1.39. The normalized spacial score (nSPS) is 31.8. The zero-order valence-electron chi connectivity index (χ0n) is 11.7. The lowest BCUT2D eigenvalue weighted by Gasteiger charge is -2.36. The van der Waals surface area contributed by atoms with Gasteiger partial charge in [0.1, 0.15) is 11.9 Å². The molecule has 2 N–H and O–H groups in total. The average molecular weight is 289 g/mol. The Morgan fingerprint density at radius 1 is 1.40 bits per heavy atom. The van der Waals surface area contributed by atoms with Crippen molar-refractivity contribution in [1.82, 2.24) is 0 Å². The number of carboxylic acids is 1. The van der Waals surface area contributed by atoms with Crippen molar-refractivity contribution in [3.05, 3.63) is 0 Å². The highest BCUT2D eigenvalue weighted by molar-refractivity contribution is 5.93. The molecule has 20 heavy (non-hydrogen) atoms. The zero-order chi connectivity index (χ0) is 15.3. The molecule has 1 fully saturated rings. The van der Waals surface area contributed by atoms with Crippen LogP contribution in [0.15, 0.2) is 0 Å². The van der Waals surface area contributed by atoms with E-state index in [0.717, 1.165) is 0 Å². The van der Waals surface area contributed by atoms with Gasteiger partial charge in [0.15, 0.2) is 6.29 Å². The third-order valence-electron chi connectivity index (χ3n) is 3.23. The van der Waals surface area contributed by atoms with E-state index in [1.54, 1.807) is 13.8 Å². The molecule has 1 aliphatic rings. The second-order valence-corrected chi connectivity index (χ2v) is 5.15. The van der Waals surface area contributed by atoms with E-state index in [4.69, 9.17) is 9.47 Å². The van der Waals surface area contributed by atoms with Crippen LogP contribution in [-0.2, 0) is 19.1 Å². The minimum Gasteiger partial charge on any atom is -0.550 e. The van der Waals surface area contributed by atoms with Crippen LogP contribution in [0.3, 0.4) is 0 Å². The SMILES string of the molecule is C[C@H](CCC(=O)CC(=O)[O-])O[C@@H]1O[C@@H](C)[C@H](O)C[C@H]1O. The van der Waals surface area contributed by atoms with Crippen LogP contribution < -0.4 is 5.11 Å². The van der Waals surface area contributed by atoms with Crippen LogP contribution in [0.1, 0.15) is 39.5 Å². The summed E-state index contributed by atoms with van der Waals surface area (Å²) in [5.74, 6) is -1.81. The summed E-state index contributed by atoms with van der Waals surface area (Å²) in [4.78, 5) is 21.5. The molecule has 0 amide bonds. The minimum absolute atomic E-state index is 0.0656. The van der Waals surface area contributed by atoms with Crippen LogP contribution >= 0.6 is 0 Å². The molecule has 5 atom stereocenters. The Balaban J connectivity index is 2.33. The van der Waals surface area contributed by atoms with E-state index in [-0.39, 0.29) is 18.9 Å². The van der Waals surface area contributed by atoms with Crippen LogP contribution in [0, 0.1) is 0 Å². The maximum Gasteiger partial charge on any atom is 0.184 e. The number of ether oxygens (including phenoxy) is 2. The van der Waals surface area contributed by atoms with Gasteiger partial charge in [-0.1, -0.05) is 0 Å². The van der Waals surface area contributed by atoms with E-state index in [2.05, 4.69) is 0 Å². The van der Waals surface area contributed by atoms with Crippen LogP contribution in [0.4, 0.5) is 0 Å². The maximum atomic E-state index is 11.2. The van der Waals surface area contributed by atoms with E-state index in [1.165, 1.54) is 0 Å². The lowest BCUT2D eigenvalue weighted by Crippen LogP contribution is -2.48. The van der Waals surface area contributed by atoms with E-state index in [9.17, 15) is 24.9 Å². The first kappa shape index (κ1) is 17.0. The highest BCUT2D eigenvalue weighted by atomic mass is 16.7. The second-order valence-electron chi connectivity index (χ2n) is 5.15. The summed E-state index contributed by atoms with van der Waals surface area (Å²) in [6.07, 6.45) is -3.35. The Kier molecular flexibility index (Phi) is 6.54. The number of carboxylic acid groups (broad SMARTS) is 1. The fourth-order valence-electron chi connectivity index (χ4n) is 1.98. The van der Waals surface area contributed by atoms with E-state index in [1.807, 2.05) is 0 Å². The molecule has 0 saturated carbocycles. The molecule has 0 aromatic carbocycles. The Labute approximate surface area is 117 Å². The topological polar surface area (TPSA) is 116 Å². The number of hydrogen-bond donors (Lipinski definition) is 2. The van der Waals surface area contributed by atoms with E-state index >= 15 is 0 Å². The molecular weight excluding hydrogens is 268 g/mol. The Bertz CT molecular complexity index is 344. The Morgan fingerprint density at radius 2 is 2.05 bits per heavy atom. The maximum absolute atomic E-state index is 11.2. The lowest BCUT2D eigenvalue weighted by molar-refractivity contribution is -0.304. The van der Waals surface area contributed by atoms with Gasteiger partial charge in [-0.2, -0.15) is 0 Å². The molecule has 0 unspecified atom stereocenters. The van der Waals surface area contributed by atoms with Crippen molar-refractivity contribution in [2.75, 3.05) is 0 Å². The van der Waals surface area contributed by atoms with Gasteiger partial charge in [0.2, 0.25) is 0 Å².